The van der Waals surface area contributed by atoms with Gasteiger partial charge in [0.15, 0.2) is 0 Å². The summed E-state index contributed by atoms with van der Waals surface area (Å²) >= 11 is 0. The zero-order valence-electron chi connectivity index (χ0n) is 10.1. The number of nitrogens with zero attached hydrogens (tertiary/aromatic N) is 1. The van der Waals surface area contributed by atoms with Gasteiger partial charge in [-0.15, -0.1) is 0 Å². The van der Waals surface area contributed by atoms with E-state index in [2.05, 4.69) is 11.4 Å². The van der Waals surface area contributed by atoms with E-state index in [1.807, 2.05) is 30.3 Å². The van der Waals surface area contributed by atoms with Crippen LogP contribution in [0, 0.1) is 5.92 Å². The summed E-state index contributed by atoms with van der Waals surface area (Å²) in [7, 11) is 1.80. The molecule has 17 heavy (non-hydrogen) atoms. The van der Waals surface area contributed by atoms with Crippen LogP contribution in [0.25, 0.3) is 0 Å². The fourth-order valence-corrected chi connectivity index (χ4v) is 1.58. The number of hydrogen-bond acceptors (Lipinski definition) is 1. The maximum atomic E-state index is 11.7. The maximum Gasteiger partial charge on any atom is 0.321 e. The highest BCUT2D eigenvalue weighted by Crippen LogP contribution is 2.29. The first-order valence-corrected chi connectivity index (χ1v) is 5.98. The lowest BCUT2D eigenvalue weighted by Gasteiger charge is -2.16. The van der Waals surface area contributed by atoms with Gasteiger partial charge in [-0.1, -0.05) is 36.4 Å². The van der Waals surface area contributed by atoms with Crippen molar-refractivity contribution in [2.45, 2.75) is 19.4 Å². The van der Waals surface area contributed by atoms with Gasteiger partial charge < -0.3 is 10.2 Å². The Balaban J connectivity index is 1.78. The van der Waals surface area contributed by atoms with Crippen LogP contribution >= 0.6 is 0 Å². The van der Waals surface area contributed by atoms with Crippen molar-refractivity contribution in [3.8, 4) is 0 Å². The van der Waals surface area contributed by atoms with Crippen molar-refractivity contribution >= 4 is 6.03 Å². The topological polar surface area (TPSA) is 32.3 Å². The molecular formula is C14H18N2O. The fraction of sp³-hybridized carbons (Fsp3) is 0.357. The molecule has 1 aromatic rings. The first-order chi connectivity index (χ1) is 8.25. The molecule has 2 rings (SSSR count). The minimum Gasteiger partial charge on any atom is -0.323 e. The van der Waals surface area contributed by atoms with Gasteiger partial charge in [-0.3, -0.25) is 0 Å². The summed E-state index contributed by atoms with van der Waals surface area (Å²) in [5.74, 6) is 0.690. The Morgan fingerprint density at radius 1 is 1.41 bits per heavy atom. The van der Waals surface area contributed by atoms with Crippen LogP contribution in [-0.4, -0.2) is 18.0 Å². The van der Waals surface area contributed by atoms with Gasteiger partial charge >= 0.3 is 6.03 Å². The van der Waals surface area contributed by atoms with E-state index in [4.69, 9.17) is 0 Å². The molecule has 90 valence electrons. The van der Waals surface area contributed by atoms with Crippen LogP contribution in [0.4, 0.5) is 4.79 Å². The molecule has 0 radical (unpaired) electrons. The van der Waals surface area contributed by atoms with Crippen molar-refractivity contribution < 1.29 is 4.79 Å². The number of nitrogens with one attached hydrogen (secondary N) is 1. The average molecular weight is 230 g/mol. The zero-order valence-corrected chi connectivity index (χ0v) is 10.1. The molecule has 1 aromatic carbocycles. The number of allylic oxidation sites excluding steroid dienone is 1. The average Bonchev–Trinajstić information content (AvgIpc) is 3.14. The van der Waals surface area contributed by atoms with Crippen LogP contribution in [-0.2, 0) is 6.54 Å². The fourth-order valence-electron chi connectivity index (χ4n) is 1.58. The summed E-state index contributed by atoms with van der Waals surface area (Å²) in [5.41, 5.74) is 1.14. The number of carbonyl (C=O) groups is 1. The van der Waals surface area contributed by atoms with Gasteiger partial charge in [0.1, 0.15) is 0 Å². The van der Waals surface area contributed by atoms with Gasteiger partial charge in [0.2, 0.25) is 0 Å². The highest BCUT2D eigenvalue weighted by molar-refractivity contribution is 5.74. The molecule has 0 heterocycles. The number of hydrogen-bond donors (Lipinski definition) is 1. The second kappa shape index (κ2) is 5.53. The molecule has 3 nitrogen and oxygen atoms in total. The summed E-state index contributed by atoms with van der Waals surface area (Å²) in [4.78, 5) is 13.4. The number of amides is 2. The Labute approximate surface area is 102 Å². The van der Waals surface area contributed by atoms with Gasteiger partial charge in [0.25, 0.3) is 0 Å². The van der Waals surface area contributed by atoms with E-state index < -0.39 is 0 Å². The van der Waals surface area contributed by atoms with Gasteiger partial charge in [-0.05, 0) is 24.3 Å². The molecule has 1 saturated carbocycles. The van der Waals surface area contributed by atoms with E-state index in [9.17, 15) is 4.79 Å². The monoisotopic (exact) mass is 230 g/mol. The van der Waals surface area contributed by atoms with E-state index >= 15 is 0 Å². The first-order valence-electron chi connectivity index (χ1n) is 5.98. The molecule has 2 amide bonds. The molecule has 0 spiro atoms. The second-order valence-corrected chi connectivity index (χ2v) is 4.49. The van der Waals surface area contributed by atoms with Crippen molar-refractivity contribution in [1.82, 2.24) is 10.2 Å². The Bertz CT molecular complexity index is 396. The van der Waals surface area contributed by atoms with Crippen molar-refractivity contribution in [3.63, 3.8) is 0 Å². The van der Waals surface area contributed by atoms with Gasteiger partial charge in [-0.25, -0.2) is 4.79 Å². The van der Waals surface area contributed by atoms with Crippen molar-refractivity contribution in [2.24, 2.45) is 5.92 Å². The maximum absolute atomic E-state index is 11.7. The number of carbonyl (C=O) groups excluding carboxylic acids is 1. The van der Waals surface area contributed by atoms with E-state index in [1.165, 1.54) is 12.8 Å². The quantitative estimate of drug-likeness (QED) is 0.847. The largest absolute Gasteiger partial charge is 0.323 e. The van der Waals surface area contributed by atoms with Crippen LogP contribution in [0.3, 0.4) is 0 Å². The summed E-state index contributed by atoms with van der Waals surface area (Å²) < 4.78 is 0. The Morgan fingerprint density at radius 2 is 2.12 bits per heavy atom. The predicted molar refractivity (Wildman–Crippen MR) is 68.3 cm³/mol. The number of benzene rings is 1. The lowest BCUT2D eigenvalue weighted by molar-refractivity contribution is 0.210. The summed E-state index contributed by atoms with van der Waals surface area (Å²) in [5, 5.41) is 2.78. The molecule has 0 aromatic heterocycles. The third-order valence-electron chi connectivity index (χ3n) is 2.81. The third-order valence-corrected chi connectivity index (χ3v) is 2.81. The SMILES string of the molecule is CN(Cc1ccccc1)C(=O)N/C=C/C1CC1. The Hall–Kier alpha value is -1.77. The molecule has 0 bridgehead atoms. The molecule has 1 N–H and O–H groups in total. The standard InChI is InChI=1S/C14H18N2O/c1-16(11-13-5-3-2-4-6-13)14(17)15-10-9-12-7-8-12/h2-6,9-10,12H,7-8,11H2,1H3,(H,15,17)/b10-9+. The van der Waals surface area contributed by atoms with Crippen molar-refractivity contribution in [2.75, 3.05) is 7.05 Å². The van der Waals surface area contributed by atoms with E-state index in [0.29, 0.717) is 12.5 Å². The summed E-state index contributed by atoms with van der Waals surface area (Å²) in [6.07, 6.45) is 6.34. The van der Waals surface area contributed by atoms with Crippen LogP contribution in [0.2, 0.25) is 0 Å². The van der Waals surface area contributed by atoms with Crippen LogP contribution in [0.5, 0.6) is 0 Å². The highest BCUT2D eigenvalue weighted by atomic mass is 16.2. The molecule has 1 fully saturated rings. The van der Waals surface area contributed by atoms with E-state index in [1.54, 1.807) is 18.1 Å². The van der Waals surface area contributed by atoms with E-state index in [-0.39, 0.29) is 6.03 Å². The molecule has 0 atom stereocenters. The Morgan fingerprint density at radius 3 is 2.76 bits per heavy atom. The third kappa shape index (κ3) is 3.94. The zero-order chi connectivity index (χ0) is 12.1. The normalized spacial score (nSPS) is 14.9. The van der Waals surface area contributed by atoms with Crippen LogP contribution < -0.4 is 5.32 Å². The molecule has 1 aliphatic rings. The van der Waals surface area contributed by atoms with Gasteiger partial charge in [0.05, 0.1) is 0 Å². The van der Waals surface area contributed by atoms with Gasteiger partial charge in [-0.2, -0.15) is 0 Å². The Kier molecular flexibility index (Phi) is 3.81. The van der Waals surface area contributed by atoms with Crippen molar-refractivity contribution in [3.05, 3.63) is 48.2 Å². The van der Waals surface area contributed by atoms with Gasteiger partial charge in [0, 0.05) is 19.8 Å². The molecule has 0 unspecified atom stereocenters. The molecule has 1 aliphatic carbocycles. The molecular weight excluding hydrogens is 212 g/mol. The summed E-state index contributed by atoms with van der Waals surface area (Å²) in [6.45, 7) is 0.629. The number of rotatable bonds is 4. The highest BCUT2D eigenvalue weighted by Gasteiger charge is 2.17. The molecule has 0 saturated heterocycles. The van der Waals surface area contributed by atoms with E-state index in [0.717, 1.165) is 5.56 Å². The minimum atomic E-state index is -0.0641. The summed E-state index contributed by atoms with van der Waals surface area (Å²) in [6, 6.07) is 9.91. The lowest BCUT2D eigenvalue weighted by atomic mass is 10.2. The van der Waals surface area contributed by atoms with Crippen molar-refractivity contribution in [1.29, 1.82) is 0 Å². The molecule has 0 aliphatic heterocycles. The number of urea groups is 1. The first kappa shape index (κ1) is 11.7. The molecule has 3 heteroatoms. The van der Waals surface area contributed by atoms with Crippen LogP contribution in [0.15, 0.2) is 42.6 Å². The lowest BCUT2D eigenvalue weighted by Crippen LogP contribution is -2.33. The predicted octanol–water partition coefficient (Wildman–Crippen LogP) is 2.75. The van der Waals surface area contributed by atoms with Crippen LogP contribution in [0.1, 0.15) is 18.4 Å². The second-order valence-electron chi connectivity index (χ2n) is 4.49. The smallest absolute Gasteiger partial charge is 0.321 e. The minimum absolute atomic E-state index is 0.0641.